The van der Waals surface area contributed by atoms with Crippen molar-refractivity contribution in [2.75, 3.05) is 18.0 Å². The van der Waals surface area contributed by atoms with E-state index < -0.39 is 5.97 Å². The van der Waals surface area contributed by atoms with E-state index >= 15 is 0 Å². The van der Waals surface area contributed by atoms with Gasteiger partial charge in [-0.05, 0) is 47.3 Å². The molecule has 0 aliphatic carbocycles. The Balaban J connectivity index is 2.38. The van der Waals surface area contributed by atoms with Crippen LogP contribution < -0.4 is 4.90 Å². The van der Waals surface area contributed by atoms with Crippen molar-refractivity contribution in [3.63, 3.8) is 0 Å². The van der Waals surface area contributed by atoms with Gasteiger partial charge in [-0.25, -0.2) is 9.78 Å². The van der Waals surface area contributed by atoms with Crippen LogP contribution in [0.1, 0.15) is 25.8 Å². The summed E-state index contributed by atoms with van der Waals surface area (Å²) in [5.74, 6) is 0.622. The van der Waals surface area contributed by atoms with Crippen LogP contribution in [0.25, 0.3) is 6.08 Å². The molecule has 1 N–H and O–H groups in total. The van der Waals surface area contributed by atoms with Gasteiger partial charge in [0.25, 0.3) is 0 Å². The topological polar surface area (TPSA) is 53.4 Å². The first kappa shape index (κ1) is 14.1. The highest BCUT2D eigenvalue weighted by Gasteiger charge is 2.22. The average molecular weight is 325 g/mol. The number of carboxylic acids is 1. The van der Waals surface area contributed by atoms with E-state index in [1.54, 1.807) is 19.2 Å². The zero-order chi connectivity index (χ0) is 14.0. The van der Waals surface area contributed by atoms with Crippen LogP contribution in [0.15, 0.2) is 22.3 Å². The van der Waals surface area contributed by atoms with Crippen molar-refractivity contribution in [2.45, 2.75) is 20.3 Å². The van der Waals surface area contributed by atoms with E-state index in [1.807, 2.05) is 6.07 Å². The molecule has 1 saturated heterocycles. The lowest BCUT2D eigenvalue weighted by atomic mass is 10.1. The van der Waals surface area contributed by atoms with Crippen molar-refractivity contribution in [1.29, 1.82) is 0 Å². The summed E-state index contributed by atoms with van der Waals surface area (Å²) in [6.07, 6.45) is 4.59. The molecule has 0 saturated carbocycles. The fraction of sp³-hybridized carbons (Fsp3) is 0.429. The summed E-state index contributed by atoms with van der Waals surface area (Å²) in [4.78, 5) is 17.6. The maximum Gasteiger partial charge on any atom is 0.331 e. The number of anilines is 1. The summed E-state index contributed by atoms with van der Waals surface area (Å²) in [6, 6.07) is 1.91. The second kappa shape index (κ2) is 5.74. The number of carbonyl (C=O) groups is 1. The summed E-state index contributed by atoms with van der Waals surface area (Å²) in [5.41, 5.74) is 1.16. The summed E-state index contributed by atoms with van der Waals surface area (Å²) in [6.45, 7) is 5.76. The minimum Gasteiger partial charge on any atom is -0.478 e. The third-order valence-electron chi connectivity index (χ3n) is 3.29. The van der Waals surface area contributed by atoms with Gasteiger partial charge in [-0.15, -0.1) is 0 Å². The van der Waals surface area contributed by atoms with Crippen LogP contribution in [0.2, 0.25) is 0 Å². The molecule has 1 atom stereocenters. The van der Waals surface area contributed by atoms with E-state index in [2.05, 4.69) is 32.7 Å². The van der Waals surface area contributed by atoms with Crippen LogP contribution in [0.4, 0.5) is 5.82 Å². The first-order chi connectivity index (χ1) is 8.97. The van der Waals surface area contributed by atoms with Crippen LogP contribution in [0, 0.1) is 5.92 Å². The molecule has 0 amide bonds. The Morgan fingerprint density at radius 3 is 2.95 bits per heavy atom. The quantitative estimate of drug-likeness (QED) is 0.867. The largest absolute Gasteiger partial charge is 0.478 e. The molecule has 1 unspecified atom stereocenters. The molecule has 1 fully saturated rings. The zero-order valence-electron chi connectivity index (χ0n) is 11.1. The van der Waals surface area contributed by atoms with Crippen molar-refractivity contribution in [1.82, 2.24) is 4.98 Å². The molecule has 4 nitrogen and oxygen atoms in total. The summed E-state index contributed by atoms with van der Waals surface area (Å²) >= 11 is 3.39. The van der Waals surface area contributed by atoms with Gasteiger partial charge in [0, 0.05) is 34.9 Å². The second-order valence-corrected chi connectivity index (χ2v) is 5.95. The Bertz CT molecular complexity index is 528. The second-order valence-electron chi connectivity index (χ2n) is 5.04. The number of nitrogens with zero attached hydrogens (tertiary/aromatic N) is 2. The maximum absolute atomic E-state index is 11.0. The zero-order valence-corrected chi connectivity index (χ0v) is 12.6. The minimum absolute atomic E-state index is 0.313. The number of rotatable bonds is 3. The van der Waals surface area contributed by atoms with Gasteiger partial charge in [0.15, 0.2) is 0 Å². The van der Waals surface area contributed by atoms with Gasteiger partial charge in [0.05, 0.1) is 0 Å². The molecule has 2 rings (SSSR count). The van der Waals surface area contributed by atoms with Crippen LogP contribution in [0.5, 0.6) is 0 Å². The van der Waals surface area contributed by atoms with Gasteiger partial charge in [-0.1, -0.05) is 6.92 Å². The normalized spacial score (nSPS) is 19.8. The summed E-state index contributed by atoms with van der Waals surface area (Å²) in [7, 11) is 0. The Morgan fingerprint density at radius 2 is 2.37 bits per heavy atom. The highest BCUT2D eigenvalue weighted by Crippen LogP contribution is 2.28. The predicted molar refractivity (Wildman–Crippen MR) is 79.2 cm³/mol. The predicted octanol–water partition coefficient (Wildman–Crippen LogP) is 3.18. The molecule has 0 spiro atoms. The molecule has 0 radical (unpaired) electrons. The number of aliphatic carboxylic acids is 1. The maximum atomic E-state index is 11.0. The van der Waals surface area contributed by atoms with E-state index in [0.29, 0.717) is 11.5 Å². The lowest BCUT2D eigenvalue weighted by molar-refractivity contribution is -0.132. The number of hydrogen-bond donors (Lipinski definition) is 1. The van der Waals surface area contributed by atoms with Crippen molar-refractivity contribution < 1.29 is 9.90 Å². The smallest absolute Gasteiger partial charge is 0.331 e. The Hall–Kier alpha value is -1.36. The van der Waals surface area contributed by atoms with Gasteiger partial charge in [0.1, 0.15) is 5.82 Å². The van der Waals surface area contributed by atoms with Crippen LogP contribution in [0.3, 0.4) is 0 Å². The van der Waals surface area contributed by atoms with Crippen molar-refractivity contribution in [3.05, 3.63) is 27.9 Å². The average Bonchev–Trinajstić information content (AvgIpc) is 2.75. The molecular weight excluding hydrogens is 308 g/mol. The molecular formula is C14H17BrN2O2. The molecule has 1 aliphatic heterocycles. The van der Waals surface area contributed by atoms with Crippen LogP contribution in [-0.4, -0.2) is 29.1 Å². The van der Waals surface area contributed by atoms with Crippen molar-refractivity contribution in [3.8, 4) is 0 Å². The van der Waals surface area contributed by atoms with E-state index in [1.165, 1.54) is 0 Å². The highest BCUT2D eigenvalue weighted by molar-refractivity contribution is 9.10. The first-order valence-corrected chi connectivity index (χ1v) is 7.08. The summed E-state index contributed by atoms with van der Waals surface area (Å²) < 4.78 is 0.855. The number of carboxylic acid groups (broad SMARTS) is 1. The molecule has 1 aromatic rings. The Kier molecular flexibility index (Phi) is 4.24. The Labute approximate surface area is 121 Å². The van der Waals surface area contributed by atoms with Crippen LogP contribution in [-0.2, 0) is 4.79 Å². The molecule has 0 aromatic carbocycles. The minimum atomic E-state index is -0.902. The van der Waals surface area contributed by atoms with E-state index in [9.17, 15) is 4.79 Å². The molecule has 1 aromatic heterocycles. The van der Waals surface area contributed by atoms with Gasteiger partial charge in [-0.2, -0.15) is 0 Å². The fourth-order valence-corrected chi connectivity index (χ4v) is 2.59. The fourth-order valence-electron chi connectivity index (χ4n) is 2.24. The molecule has 102 valence electrons. The van der Waals surface area contributed by atoms with E-state index in [-0.39, 0.29) is 0 Å². The van der Waals surface area contributed by atoms with Gasteiger partial charge < -0.3 is 10.0 Å². The van der Waals surface area contributed by atoms with Crippen LogP contribution >= 0.6 is 15.9 Å². The van der Waals surface area contributed by atoms with Gasteiger partial charge in [-0.3, -0.25) is 0 Å². The third kappa shape index (κ3) is 3.35. The first-order valence-electron chi connectivity index (χ1n) is 6.29. The molecule has 19 heavy (non-hydrogen) atoms. The van der Waals surface area contributed by atoms with E-state index in [0.717, 1.165) is 35.4 Å². The van der Waals surface area contributed by atoms with Gasteiger partial charge >= 0.3 is 5.97 Å². The Morgan fingerprint density at radius 1 is 1.63 bits per heavy atom. The third-order valence-corrected chi connectivity index (χ3v) is 3.73. The van der Waals surface area contributed by atoms with Crippen molar-refractivity contribution in [2.24, 2.45) is 5.92 Å². The number of aromatic nitrogens is 1. The number of hydrogen-bond acceptors (Lipinski definition) is 3. The van der Waals surface area contributed by atoms with Crippen molar-refractivity contribution >= 4 is 33.8 Å². The van der Waals surface area contributed by atoms with E-state index in [4.69, 9.17) is 5.11 Å². The molecule has 1 aliphatic rings. The lowest BCUT2D eigenvalue weighted by Gasteiger charge is -2.19. The molecule has 0 bridgehead atoms. The lowest BCUT2D eigenvalue weighted by Crippen LogP contribution is -2.21. The molecule has 5 heteroatoms. The summed E-state index contributed by atoms with van der Waals surface area (Å²) in [5, 5.41) is 9.00. The number of pyridine rings is 1. The highest BCUT2D eigenvalue weighted by atomic mass is 79.9. The number of halogens is 1. The SMILES string of the molecule is CC(=Cc1cc(Br)cnc1N1CCC(C)C1)C(=O)O. The molecule has 2 heterocycles. The standard InChI is InChI=1S/C14H17BrN2O2/c1-9-3-4-17(8-9)13-11(5-10(2)14(18)19)6-12(15)7-16-13/h5-7,9H,3-4,8H2,1-2H3,(H,18,19). The monoisotopic (exact) mass is 324 g/mol. The van der Waals surface area contributed by atoms with Gasteiger partial charge in [0.2, 0.25) is 0 Å².